The van der Waals surface area contributed by atoms with Crippen LogP contribution in [0.15, 0.2) is 0 Å². The summed E-state index contributed by atoms with van der Waals surface area (Å²) in [4.78, 5) is 22.8. The van der Waals surface area contributed by atoms with Crippen molar-refractivity contribution in [2.75, 3.05) is 6.54 Å². The van der Waals surface area contributed by atoms with Gasteiger partial charge in [0.05, 0.1) is 0 Å². The Hall–Kier alpha value is -1.06. The summed E-state index contributed by atoms with van der Waals surface area (Å²) in [6.07, 6.45) is 6.71. The van der Waals surface area contributed by atoms with Gasteiger partial charge in [-0.25, -0.2) is 0 Å². The van der Waals surface area contributed by atoms with Gasteiger partial charge in [0, 0.05) is 25.4 Å². The van der Waals surface area contributed by atoms with Crippen molar-refractivity contribution in [2.24, 2.45) is 5.92 Å². The largest absolute Gasteiger partial charge is 0.354 e. The van der Waals surface area contributed by atoms with Gasteiger partial charge in [0.25, 0.3) is 0 Å². The molecule has 1 aliphatic heterocycles. The van der Waals surface area contributed by atoms with E-state index in [1.54, 1.807) is 0 Å². The number of amides is 2. The van der Waals surface area contributed by atoms with E-state index in [2.05, 4.69) is 24.5 Å². The molecule has 0 aromatic heterocycles. The SMILES string of the molecule is CCCCCC(C)CC(=O)NC1CCC(=O)NC1. The zero-order valence-electron chi connectivity index (χ0n) is 11.6. The molecule has 0 aromatic rings. The predicted octanol–water partition coefficient (Wildman–Crippen LogP) is 1.99. The Labute approximate surface area is 110 Å². The average molecular weight is 254 g/mol. The second kappa shape index (κ2) is 8.11. The highest BCUT2D eigenvalue weighted by molar-refractivity contribution is 5.79. The minimum atomic E-state index is 0.0911. The normalized spacial score (nSPS) is 21.2. The number of nitrogens with one attached hydrogen (secondary N) is 2. The van der Waals surface area contributed by atoms with E-state index in [4.69, 9.17) is 0 Å². The van der Waals surface area contributed by atoms with Crippen LogP contribution in [0, 0.1) is 5.92 Å². The van der Waals surface area contributed by atoms with Gasteiger partial charge < -0.3 is 10.6 Å². The molecule has 0 aliphatic carbocycles. The molecule has 1 aliphatic rings. The lowest BCUT2D eigenvalue weighted by atomic mass is 9.99. The fourth-order valence-corrected chi connectivity index (χ4v) is 2.30. The molecule has 1 rings (SSSR count). The molecule has 104 valence electrons. The molecule has 0 aromatic carbocycles. The van der Waals surface area contributed by atoms with Gasteiger partial charge in [-0.15, -0.1) is 0 Å². The maximum absolute atomic E-state index is 11.8. The second-order valence-corrected chi connectivity index (χ2v) is 5.41. The summed E-state index contributed by atoms with van der Waals surface area (Å²) in [5.74, 6) is 0.670. The summed E-state index contributed by atoms with van der Waals surface area (Å²) >= 11 is 0. The van der Waals surface area contributed by atoms with Crippen molar-refractivity contribution >= 4 is 11.8 Å². The van der Waals surface area contributed by atoms with Crippen molar-refractivity contribution in [3.8, 4) is 0 Å². The summed E-state index contributed by atoms with van der Waals surface area (Å²) < 4.78 is 0. The number of hydrogen-bond acceptors (Lipinski definition) is 2. The lowest BCUT2D eigenvalue weighted by Crippen LogP contribution is -2.47. The topological polar surface area (TPSA) is 58.2 Å². The Morgan fingerprint density at radius 2 is 2.28 bits per heavy atom. The molecule has 0 bridgehead atoms. The van der Waals surface area contributed by atoms with Crippen LogP contribution in [0.1, 0.15) is 58.8 Å². The molecule has 0 saturated carbocycles. The second-order valence-electron chi connectivity index (χ2n) is 5.41. The number of carbonyl (C=O) groups excluding carboxylic acids is 2. The van der Waals surface area contributed by atoms with Gasteiger partial charge in [-0.3, -0.25) is 9.59 Å². The Balaban J connectivity index is 2.14. The first-order valence-electron chi connectivity index (χ1n) is 7.18. The third kappa shape index (κ3) is 6.03. The molecule has 1 heterocycles. The highest BCUT2D eigenvalue weighted by atomic mass is 16.2. The Morgan fingerprint density at radius 1 is 1.50 bits per heavy atom. The van der Waals surface area contributed by atoms with E-state index in [1.165, 1.54) is 19.3 Å². The molecule has 2 atom stereocenters. The Bertz CT molecular complexity index is 269. The van der Waals surface area contributed by atoms with Crippen LogP contribution < -0.4 is 10.6 Å². The van der Waals surface area contributed by atoms with Gasteiger partial charge in [0.2, 0.25) is 11.8 Å². The van der Waals surface area contributed by atoms with Crippen molar-refractivity contribution in [2.45, 2.75) is 64.8 Å². The molecule has 1 fully saturated rings. The summed E-state index contributed by atoms with van der Waals surface area (Å²) in [5, 5.41) is 5.79. The van der Waals surface area contributed by atoms with E-state index in [1.807, 2.05) is 0 Å². The van der Waals surface area contributed by atoms with Crippen LogP contribution in [0.3, 0.4) is 0 Å². The molecular formula is C14H26N2O2. The standard InChI is InChI=1S/C14H26N2O2/c1-3-4-5-6-11(2)9-14(18)16-12-7-8-13(17)15-10-12/h11-12H,3-10H2,1-2H3,(H,15,17)(H,16,18). The molecule has 18 heavy (non-hydrogen) atoms. The molecule has 0 radical (unpaired) electrons. The summed E-state index contributed by atoms with van der Waals surface area (Å²) in [6, 6.07) is 0.123. The first-order valence-corrected chi connectivity index (χ1v) is 7.18. The number of carbonyl (C=O) groups is 2. The lowest BCUT2D eigenvalue weighted by Gasteiger charge is -2.24. The third-order valence-corrected chi connectivity index (χ3v) is 3.46. The van der Waals surface area contributed by atoms with Crippen LogP contribution in [0.4, 0.5) is 0 Å². The minimum Gasteiger partial charge on any atom is -0.354 e. The molecule has 2 N–H and O–H groups in total. The summed E-state index contributed by atoms with van der Waals surface area (Å²) in [7, 11) is 0. The van der Waals surface area contributed by atoms with Crippen LogP contribution >= 0.6 is 0 Å². The van der Waals surface area contributed by atoms with Crippen molar-refractivity contribution < 1.29 is 9.59 Å². The zero-order chi connectivity index (χ0) is 13.4. The van der Waals surface area contributed by atoms with E-state index in [0.717, 1.165) is 12.8 Å². The molecule has 1 saturated heterocycles. The van der Waals surface area contributed by atoms with E-state index < -0.39 is 0 Å². The number of piperidine rings is 1. The Morgan fingerprint density at radius 3 is 2.89 bits per heavy atom. The summed E-state index contributed by atoms with van der Waals surface area (Å²) in [6.45, 7) is 4.90. The van der Waals surface area contributed by atoms with Crippen LogP contribution in [-0.2, 0) is 9.59 Å². The fourth-order valence-electron chi connectivity index (χ4n) is 2.30. The average Bonchev–Trinajstić information content (AvgIpc) is 2.32. The van der Waals surface area contributed by atoms with Crippen molar-refractivity contribution in [3.05, 3.63) is 0 Å². The van der Waals surface area contributed by atoms with Gasteiger partial charge in [0.15, 0.2) is 0 Å². The van der Waals surface area contributed by atoms with Crippen LogP contribution in [0.2, 0.25) is 0 Å². The molecule has 2 amide bonds. The van der Waals surface area contributed by atoms with Crippen LogP contribution in [-0.4, -0.2) is 24.4 Å². The van der Waals surface area contributed by atoms with Crippen LogP contribution in [0.25, 0.3) is 0 Å². The van der Waals surface area contributed by atoms with Crippen molar-refractivity contribution in [1.29, 1.82) is 0 Å². The van der Waals surface area contributed by atoms with E-state index >= 15 is 0 Å². The highest BCUT2D eigenvalue weighted by Gasteiger charge is 2.20. The van der Waals surface area contributed by atoms with E-state index in [9.17, 15) is 9.59 Å². The fraction of sp³-hybridized carbons (Fsp3) is 0.857. The number of unbranched alkanes of at least 4 members (excludes halogenated alkanes) is 2. The van der Waals surface area contributed by atoms with Gasteiger partial charge in [-0.2, -0.15) is 0 Å². The number of hydrogen-bond donors (Lipinski definition) is 2. The van der Waals surface area contributed by atoms with Crippen molar-refractivity contribution in [1.82, 2.24) is 10.6 Å². The first kappa shape index (κ1) is 15.0. The maximum atomic E-state index is 11.8. The maximum Gasteiger partial charge on any atom is 0.220 e. The first-order chi connectivity index (χ1) is 8.61. The molecular weight excluding hydrogens is 228 g/mol. The molecule has 4 nitrogen and oxygen atoms in total. The zero-order valence-corrected chi connectivity index (χ0v) is 11.6. The van der Waals surface area contributed by atoms with Crippen LogP contribution in [0.5, 0.6) is 0 Å². The number of rotatable bonds is 7. The van der Waals surface area contributed by atoms with E-state index in [0.29, 0.717) is 25.3 Å². The predicted molar refractivity (Wildman–Crippen MR) is 72.1 cm³/mol. The minimum absolute atomic E-state index is 0.0911. The Kier molecular flexibility index (Phi) is 6.76. The smallest absolute Gasteiger partial charge is 0.220 e. The molecule has 4 heteroatoms. The van der Waals surface area contributed by atoms with Gasteiger partial charge in [-0.1, -0.05) is 39.5 Å². The highest BCUT2D eigenvalue weighted by Crippen LogP contribution is 2.13. The summed E-state index contributed by atoms with van der Waals surface area (Å²) in [5.41, 5.74) is 0. The molecule has 2 unspecified atom stereocenters. The quantitative estimate of drug-likeness (QED) is 0.683. The van der Waals surface area contributed by atoms with Gasteiger partial charge in [-0.05, 0) is 12.3 Å². The lowest BCUT2D eigenvalue weighted by molar-refractivity contribution is -0.126. The van der Waals surface area contributed by atoms with E-state index in [-0.39, 0.29) is 17.9 Å². The molecule has 0 spiro atoms. The third-order valence-electron chi connectivity index (χ3n) is 3.46. The van der Waals surface area contributed by atoms with Gasteiger partial charge >= 0.3 is 0 Å². The van der Waals surface area contributed by atoms with Crippen molar-refractivity contribution in [3.63, 3.8) is 0 Å². The van der Waals surface area contributed by atoms with Gasteiger partial charge in [0.1, 0.15) is 0 Å². The monoisotopic (exact) mass is 254 g/mol.